The molecule has 2 rings (SSSR count). The number of carbonyl (C=O) groups excluding carboxylic acids is 2. The maximum atomic E-state index is 12.2. The molecule has 0 bridgehead atoms. The minimum atomic E-state index is -0.414. The van der Waals surface area contributed by atoms with Crippen molar-refractivity contribution in [1.82, 2.24) is 0 Å². The van der Waals surface area contributed by atoms with Crippen molar-refractivity contribution in [1.29, 1.82) is 0 Å². The number of allylic oxidation sites excluding steroid dienone is 2. The number of hydrogen-bond donors (Lipinski definition) is 1. The molecule has 1 N–H and O–H groups in total. The van der Waals surface area contributed by atoms with Crippen LogP contribution in [0.4, 0.5) is 0 Å². The number of aliphatic imine (C=N–C) groups is 1. The maximum absolute atomic E-state index is 12.2. The van der Waals surface area contributed by atoms with Gasteiger partial charge in [0.2, 0.25) is 0 Å². The van der Waals surface area contributed by atoms with Crippen molar-refractivity contribution in [3.05, 3.63) is 47.2 Å². The number of ether oxygens (including phenoxy) is 1. The first-order valence-corrected chi connectivity index (χ1v) is 7.71. The highest BCUT2D eigenvalue weighted by molar-refractivity contribution is 6.24. The van der Waals surface area contributed by atoms with Gasteiger partial charge in [0.25, 0.3) is 0 Å². The van der Waals surface area contributed by atoms with Crippen LogP contribution in [0.15, 0.2) is 46.7 Å². The topological polar surface area (TPSA) is 76.0 Å². The fraction of sp³-hybridized carbons (Fsp3) is 0.389. The molecule has 5 heteroatoms. The Kier molecular flexibility index (Phi) is 6.09. The van der Waals surface area contributed by atoms with Gasteiger partial charge in [-0.1, -0.05) is 30.3 Å². The lowest BCUT2D eigenvalue weighted by molar-refractivity contribution is -0.140. The summed E-state index contributed by atoms with van der Waals surface area (Å²) < 4.78 is 4.56. The van der Waals surface area contributed by atoms with Crippen LogP contribution in [0.25, 0.3) is 0 Å². The maximum Gasteiger partial charge on any atom is 0.305 e. The van der Waals surface area contributed by atoms with Gasteiger partial charge in [-0.15, -0.1) is 0 Å². The second-order valence-electron chi connectivity index (χ2n) is 5.42. The van der Waals surface area contributed by atoms with Gasteiger partial charge in [-0.05, 0) is 18.4 Å². The second-order valence-corrected chi connectivity index (χ2v) is 5.42. The highest BCUT2D eigenvalue weighted by Gasteiger charge is 2.25. The zero-order valence-corrected chi connectivity index (χ0v) is 13.2. The quantitative estimate of drug-likeness (QED) is 0.514. The number of esters is 1. The molecule has 0 unspecified atom stereocenters. The first kappa shape index (κ1) is 16.9. The van der Waals surface area contributed by atoms with Crippen LogP contribution in [0, 0.1) is 0 Å². The van der Waals surface area contributed by atoms with Crippen LogP contribution in [0.2, 0.25) is 0 Å². The first-order valence-electron chi connectivity index (χ1n) is 7.71. The van der Waals surface area contributed by atoms with E-state index < -0.39 is 5.97 Å². The number of carbonyl (C=O) groups is 2. The van der Waals surface area contributed by atoms with Gasteiger partial charge in [-0.2, -0.15) is 0 Å². The highest BCUT2D eigenvalue weighted by atomic mass is 16.5. The van der Waals surface area contributed by atoms with Crippen LogP contribution in [0.5, 0.6) is 0 Å². The Balaban J connectivity index is 2.18. The molecule has 1 aliphatic rings. The van der Waals surface area contributed by atoms with E-state index in [-0.39, 0.29) is 30.0 Å². The first-order chi connectivity index (χ1) is 11.1. The molecule has 5 nitrogen and oxygen atoms in total. The molecule has 122 valence electrons. The van der Waals surface area contributed by atoms with Gasteiger partial charge < -0.3 is 9.84 Å². The van der Waals surface area contributed by atoms with Crippen molar-refractivity contribution in [2.24, 2.45) is 4.99 Å². The van der Waals surface area contributed by atoms with Crippen LogP contribution in [0.1, 0.15) is 37.7 Å². The lowest BCUT2D eigenvalue weighted by Crippen LogP contribution is -2.22. The average Bonchev–Trinajstić information content (AvgIpc) is 2.58. The molecule has 1 fully saturated rings. The number of nitrogens with zero attached hydrogens (tertiary/aromatic N) is 1. The third-order valence-corrected chi connectivity index (χ3v) is 3.76. The Morgan fingerprint density at radius 3 is 2.65 bits per heavy atom. The van der Waals surface area contributed by atoms with E-state index in [0.29, 0.717) is 25.1 Å². The Bertz CT molecular complexity index is 632. The summed E-state index contributed by atoms with van der Waals surface area (Å²) in [6.45, 7) is 0.469. The minimum Gasteiger partial charge on any atom is -0.511 e. The number of benzene rings is 1. The number of ketones is 1. The van der Waals surface area contributed by atoms with Gasteiger partial charge in [-0.3, -0.25) is 14.6 Å². The van der Waals surface area contributed by atoms with Crippen molar-refractivity contribution in [3.8, 4) is 0 Å². The van der Waals surface area contributed by atoms with Gasteiger partial charge in [0.15, 0.2) is 5.78 Å². The molecule has 1 aromatic rings. The summed E-state index contributed by atoms with van der Waals surface area (Å²) in [6, 6.07) is 9.74. The second kappa shape index (κ2) is 8.27. The summed E-state index contributed by atoms with van der Waals surface area (Å²) in [4.78, 5) is 27.9. The molecule has 0 spiro atoms. The molecule has 0 atom stereocenters. The summed E-state index contributed by atoms with van der Waals surface area (Å²) in [7, 11) is 1.30. The molecule has 0 radical (unpaired) electrons. The molecular weight excluding hydrogens is 294 g/mol. The van der Waals surface area contributed by atoms with E-state index in [1.165, 1.54) is 7.11 Å². The van der Waals surface area contributed by atoms with E-state index in [0.717, 1.165) is 12.0 Å². The lowest BCUT2D eigenvalue weighted by Gasteiger charge is -2.18. The molecule has 1 saturated carbocycles. The average molecular weight is 315 g/mol. The Labute approximate surface area is 135 Å². The number of hydrogen-bond acceptors (Lipinski definition) is 5. The van der Waals surface area contributed by atoms with Crippen molar-refractivity contribution in [2.45, 2.75) is 38.6 Å². The molecule has 23 heavy (non-hydrogen) atoms. The smallest absolute Gasteiger partial charge is 0.305 e. The fourth-order valence-corrected chi connectivity index (χ4v) is 2.53. The van der Waals surface area contributed by atoms with Crippen LogP contribution in [-0.2, 0) is 20.9 Å². The Hall–Kier alpha value is -2.43. The lowest BCUT2D eigenvalue weighted by atomic mass is 9.89. The van der Waals surface area contributed by atoms with E-state index in [9.17, 15) is 14.7 Å². The summed E-state index contributed by atoms with van der Waals surface area (Å²) >= 11 is 0. The fourth-order valence-electron chi connectivity index (χ4n) is 2.53. The summed E-state index contributed by atoms with van der Waals surface area (Å²) in [6.07, 6.45) is 1.95. The number of aliphatic hydroxyl groups is 1. The van der Waals surface area contributed by atoms with E-state index >= 15 is 0 Å². The standard InChI is InChI=1S/C18H21NO4/c1-23-17(22)11-10-16(21)18-14(8-5-9-15(18)20)19-12-13-6-3-2-4-7-13/h2-4,6-7,21H,5,8-12H2,1H3. The van der Waals surface area contributed by atoms with Crippen molar-refractivity contribution >= 4 is 17.5 Å². The molecule has 0 saturated heterocycles. The predicted molar refractivity (Wildman–Crippen MR) is 87.3 cm³/mol. The van der Waals surface area contributed by atoms with Gasteiger partial charge in [-0.25, -0.2) is 0 Å². The van der Waals surface area contributed by atoms with Crippen LogP contribution in [-0.4, -0.2) is 29.7 Å². The summed E-state index contributed by atoms with van der Waals surface area (Å²) in [5, 5.41) is 10.2. The van der Waals surface area contributed by atoms with E-state index in [2.05, 4.69) is 9.73 Å². The molecule has 0 aromatic heterocycles. The zero-order chi connectivity index (χ0) is 16.7. The van der Waals surface area contributed by atoms with Crippen LogP contribution in [0.3, 0.4) is 0 Å². The van der Waals surface area contributed by atoms with Gasteiger partial charge >= 0.3 is 5.97 Å². The highest BCUT2D eigenvalue weighted by Crippen LogP contribution is 2.23. The van der Waals surface area contributed by atoms with Gasteiger partial charge in [0, 0.05) is 18.6 Å². The summed E-state index contributed by atoms with van der Waals surface area (Å²) in [5.41, 5.74) is 1.97. The number of Topliss-reactive ketones (excluding diaryl/α,β-unsaturated/α-hetero) is 1. The van der Waals surface area contributed by atoms with Crippen molar-refractivity contribution in [2.75, 3.05) is 7.11 Å². The predicted octanol–water partition coefficient (Wildman–Crippen LogP) is 3.15. The molecule has 1 aromatic carbocycles. The summed E-state index contributed by atoms with van der Waals surface area (Å²) in [5.74, 6) is -0.583. The molecule has 0 aliphatic heterocycles. The SMILES string of the molecule is COC(=O)CCC(O)=C1C(=O)CCCC1=NCc1ccccc1. The number of methoxy groups -OCH3 is 1. The molecule has 0 amide bonds. The third-order valence-electron chi connectivity index (χ3n) is 3.76. The van der Waals surface area contributed by atoms with E-state index in [4.69, 9.17) is 0 Å². The monoisotopic (exact) mass is 315 g/mol. The molecule has 0 heterocycles. The van der Waals surface area contributed by atoms with Gasteiger partial charge in [0.05, 0.1) is 25.6 Å². The van der Waals surface area contributed by atoms with Crippen molar-refractivity contribution < 1.29 is 19.4 Å². The van der Waals surface area contributed by atoms with Crippen LogP contribution >= 0.6 is 0 Å². The number of aliphatic hydroxyl groups excluding tert-OH is 1. The number of rotatable bonds is 5. The molecular formula is C18H21NO4. The van der Waals surface area contributed by atoms with Gasteiger partial charge in [0.1, 0.15) is 5.76 Å². The Morgan fingerprint density at radius 1 is 1.22 bits per heavy atom. The van der Waals surface area contributed by atoms with E-state index in [1.807, 2.05) is 30.3 Å². The van der Waals surface area contributed by atoms with Crippen LogP contribution < -0.4 is 0 Å². The van der Waals surface area contributed by atoms with Crippen molar-refractivity contribution in [3.63, 3.8) is 0 Å². The Morgan fingerprint density at radius 2 is 1.96 bits per heavy atom. The normalized spacial score (nSPS) is 18.8. The zero-order valence-electron chi connectivity index (χ0n) is 13.2. The van der Waals surface area contributed by atoms with E-state index in [1.54, 1.807) is 0 Å². The minimum absolute atomic E-state index is 0.0467. The molecule has 1 aliphatic carbocycles. The third kappa shape index (κ3) is 4.77. The largest absolute Gasteiger partial charge is 0.511 e.